The van der Waals surface area contributed by atoms with E-state index in [4.69, 9.17) is 5.26 Å². The van der Waals surface area contributed by atoms with Crippen molar-refractivity contribution in [3.8, 4) is 28.3 Å². The second-order valence-corrected chi connectivity index (χ2v) is 4.75. The minimum atomic E-state index is -0.587. The average Bonchev–Trinajstić information content (AvgIpc) is 2.55. The fraction of sp³-hybridized carbons (Fsp3) is 0. The van der Waals surface area contributed by atoms with E-state index in [0.29, 0.717) is 22.3 Å². The number of hydrogen-bond acceptors (Lipinski definition) is 2. The molecule has 0 amide bonds. The van der Waals surface area contributed by atoms with Crippen molar-refractivity contribution in [1.29, 1.82) is 5.26 Å². The first-order valence-corrected chi connectivity index (χ1v) is 6.59. The molecule has 106 valence electrons. The van der Waals surface area contributed by atoms with E-state index in [-0.39, 0.29) is 11.4 Å². The summed E-state index contributed by atoms with van der Waals surface area (Å²) in [6, 6.07) is 14.3. The molecule has 2 nitrogen and oxygen atoms in total. The maximum absolute atomic E-state index is 13.8. The maximum atomic E-state index is 13.8. The van der Waals surface area contributed by atoms with Crippen LogP contribution in [0.2, 0.25) is 0 Å². The van der Waals surface area contributed by atoms with Gasteiger partial charge in [0.15, 0.2) is 0 Å². The highest BCUT2D eigenvalue weighted by Gasteiger charge is 2.08. The van der Waals surface area contributed by atoms with E-state index in [1.165, 1.54) is 18.2 Å². The summed E-state index contributed by atoms with van der Waals surface area (Å²) in [7, 11) is 0. The van der Waals surface area contributed by atoms with Gasteiger partial charge in [0.25, 0.3) is 0 Å². The van der Waals surface area contributed by atoms with E-state index in [1.807, 2.05) is 0 Å². The highest BCUT2D eigenvalue weighted by atomic mass is 19.1. The normalized spacial score (nSPS) is 10.2. The summed E-state index contributed by atoms with van der Waals surface area (Å²) in [6.45, 7) is 0. The van der Waals surface area contributed by atoms with Crippen molar-refractivity contribution in [2.75, 3.05) is 0 Å². The topological polar surface area (TPSA) is 36.7 Å². The van der Waals surface area contributed by atoms with Crippen LogP contribution in [0.4, 0.5) is 8.78 Å². The molecule has 22 heavy (non-hydrogen) atoms. The number of hydrogen-bond donors (Lipinski definition) is 0. The summed E-state index contributed by atoms with van der Waals surface area (Å²) in [5.74, 6) is -0.927. The van der Waals surface area contributed by atoms with Crippen LogP contribution in [0.5, 0.6) is 0 Å². The van der Waals surface area contributed by atoms with Crippen LogP contribution < -0.4 is 0 Å². The Morgan fingerprint density at radius 3 is 2.32 bits per heavy atom. The van der Waals surface area contributed by atoms with Crippen LogP contribution in [-0.2, 0) is 0 Å². The molecule has 0 radical (unpaired) electrons. The molecule has 2 aromatic carbocycles. The molecule has 1 aromatic heterocycles. The third kappa shape index (κ3) is 2.57. The van der Waals surface area contributed by atoms with Gasteiger partial charge in [0.05, 0.1) is 5.56 Å². The van der Waals surface area contributed by atoms with Gasteiger partial charge in [-0.25, -0.2) is 8.78 Å². The lowest BCUT2D eigenvalue weighted by molar-refractivity contribution is 0.624. The molecule has 3 aromatic rings. The number of benzene rings is 2. The van der Waals surface area contributed by atoms with Crippen LogP contribution in [-0.4, -0.2) is 4.98 Å². The fourth-order valence-corrected chi connectivity index (χ4v) is 2.23. The maximum Gasteiger partial charge on any atom is 0.141 e. The van der Waals surface area contributed by atoms with Gasteiger partial charge < -0.3 is 0 Å². The number of nitriles is 1. The van der Waals surface area contributed by atoms with E-state index in [9.17, 15) is 8.78 Å². The number of halogens is 2. The number of pyridine rings is 1. The summed E-state index contributed by atoms with van der Waals surface area (Å²) in [6.07, 6.45) is 3.13. The molecular weight excluding hydrogens is 282 g/mol. The molecule has 3 rings (SSSR count). The smallest absolute Gasteiger partial charge is 0.141 e. The zero-order chi connectivity index (χ0) is 15.5. The molecule has 0 aliphatic carbocycles. The molecule has 0 atom stereocenters. The molecule has 0 aliphatic heterocycles. The molecule has 0 N–H and O–H groups in total. The first-order chi connectivity index (χ1) is 10.7. The largest absolute Gasteiger partial charge is 0.263 e. The van der Waals surface area contributed by atoms with Gasteiger partial charge in [-0.15, -0.1) is 0 Å². The summed E-state index contributed by atoms with van der Waals surface area (Å²) in [4.78, 5) is 4.10. The predicted octanol–water partition coefficient (Wildman–Crippen LogP) is 4.57. The van der Waals surface area contributed by atoms with Crippen molar-refractivity contribution in [2.45, 2.75) is 0 Å². The quantitative estimate of drug-likeness (QED) is 0.694. The van der Waals surface area contributed by atoms with Crippen LogP contribution in [0, 0.1) is 23.0 Å². The first kappa shape index (κ1) is 13.9. The van der Waals surface area contributed by atoms with Gasteiger partial charge in [0.1, 0.15) is 17.7 Å². The Labute approximate surface area is 126 Å². The van der Waals surface area contributed by atoms with Gasteiger partial charge in [0.2, 0.25) is 0 Å². The Morgan fingerprint density at radius 1 is 0.818 bits per heavy atom. The highest BCUT2D eigenvalue weighted by Crippen LogP contribution is 2.27. The second kappa shape index (κ2) is 5.74. The number of nitrogens with zero attached hydrogens (tertiary/aromatic N) is 2. The lowest BCUT2D eigenvalue weighted by Crippen LogP contribution is -1.89. The molecule has 0 saturated heterocycles. The van der Waals surface area contributed by atoms with Crippen molar-refractivity contribution in [3.05, 3.63) is 78.1 Å². The summed E-state index contributed by atoms with van der Waals surface area (Å²) < 4.78 is 27.6. The van der Waals surface area contributed by atoms with Gasteiger partial charge in [0, 0.05) is 29.1 Å². The van der Waals surface area contributed by atoms with E-state index in [2.05, 4.69) is 4.98 Å². The Balaban J connectivity index is 2.07. The van der Waals surface area contributed by atoms with Crippen LogP contribution in [0.15, 0.2) is 60.9 Å². The van der Waals surface area contributed by atoms with Crippen molar-refractivity contribution < 1.29 is 8.78 Å². The molecule has 0 saturated carbocycles. The molecule has 4 heteroatoms. The molecular formula is C18H10F2N2. The molecule has 0 spiro atoms. The standard InChI is InChI=1S/C18H10F2N2/c19-17-4-2-1-3-16(17)15-7-14(10-22-11-15)12-5-6-13(9-21)18(20)8-12/h1-8,10-11H. The minimum Gasteiger partial charge on any atom is -0.263 e. The molecule has 1 heterocycles. The van der Waals surface area contributed by atoms with Gasteiger partial charge in [-0.05, 0) is 29.8 Å². The number of aromatic nitrogens is 1. The summed E-state index contributed by atoms with van der Waals surface area (Å²) in [5.41, 5.74) is 2.28. The minimum absolute atomic E-state index is 0.0121. The van der Waals surface area contributed by atoms with Gasteiger partial charge in [-0.3, -0.25) is 4.98 Å². The van der Waals surface area contributed by atoms with E-state index < -0.39 is 5.82 Å². The van der Waals surface area contributed by atoms with Gasteiger partial charge in [-0.1, -0.05) is 24.3 Å². The fourth-order valence-electron chi connectivity index (χ4n) is 2.23. The predicted molar refractivity (Wildman–Crippen MR) is 79.7 cm³/mol. The zero-order valence-electron chi connectivity index (χ0n) is 11.4. The van der Waals surface area contributed by atoms with Crippen molar-refractivity contribution in [2.24, 2.45) is 0 Å². The van der Waals surface area contributed by atoms with Crippen molar-refractivity contribution in [3.63, 3.8) is 0 Å². The van der Waals surface area contributed by atoms with Crippen LogP contribution in [0.1, 0.15) is 5.56 Å². The van der Waals surface area contributed by atoms with E-state index in [0.717, 1.165) is 0 Å². The average molecular weight is 292 g/mol. The Morgan fingerprint density at radius 2 is 1.59 bits per heavy atom. The Kier molecular flexibility index (Phi) is 3.63. The van der Waals surface area contributed by atoms with Crippen molar-refractivity contribution in [1.82, 2.24) is 4.98 Å². The monoisotopic (exact) mass is 292 g/mol. The second-order valence-electron chi connectivity index (χ2n) is 4.75. The summed E-state index contributed by atoms with van der Waals surface area (Å²) >= 11 is 0. The van der Waals surface area contributed by atoms with Gasteiger partial charge in [-0.2, -0.15) is 5.26 Å². The zero-order valence-corrected chi connectivity index (χ0v) is 11.4. The molecule has 0 unspecified atom stereocenters. The van der Waals surface area contributed by atoms with Crippen LogP contribution in [0.3, 0.4) is 0 Å². The Bertz CT molecular complexity index is 882. The lowest BCUT2D eigenvalue weighted by atomic mass is 10.0. The van der Waals surface area contributed by atoms with E-state index >= 15 is 0 Å². The van der Waals surface area contributed by atoms with E-state index in [1.54, 1.807) is 48.8 Å². The highest BCUT2D eigenvalue weighted by molar-refractivity contribution is 5.72. The number of rotatable bonds is 2. The van der Waals surface area contributed by atoms with Crippen LogP contribution in [0.25, 0.3) is 22.3 Å². The third-order valence-corrected chi connectivity index (χ3v) is 3.35. The SMILES string of the molecule is N#Cc1ccc(-c2cncc(-c3ccccc3F)c2)cc1F. The summed E-state index contributed by atoms with van der Waals surface area (Å²) in [5, 5.41) is 8.76. The van der Waals surface area contributed by atoms with Crippen molar-refractivity contribution >= 4 is 0 Å². The van der Waals surface area contributed by atoms with Gasteiger partial charge >= 0.3 is 0 Å². The molecule has 0 aliphatic rings. The molecule has 0 bridgehead atoms. The van der Waals surface area contributed by atoms with Crippen LogP contribution >= 0.6 is 0 Å². The third-order valence-electron chi connectivity index (χ3n) is 3.35. The first-order valence-electron chi connectivity index (χ1n) is 6.59. The molecule has 0 fully saturated rings. The lowest BCUT2D eigenvalue weighted by Gasteiger charge is -2.07. The Hall–Kier alpha value is -3.06.